The first-order valence-electron chi connectivity index (χ1n) is 7.66. The molecular formula is C19H16Cl2N2O. The van der Waals surface area contributed by atoms with E-state index >= 15 is 0 Å². The van der Waals surface area contributed by atoms with Gasteiger partial charge in [-0.15, -0.1) is 0 Å². The van der Waals surface area contributed by atoms with Gasteiger partial charge in [0.25, 0.3) is 5.91 Å². The summed E-state index contributed by atoms with van der Waals surface area (Å²) in [4.78, 5) is 17.5. The number of carbonyl (C=O) groups is 1. The molecule has 0 aliphatic carbocycles. The number of aryl methyl sites for hydroxylation is 1. The van der Waals surface area contributed by atoms with E-state index in [1.807, 2.05) is 38.1 Å². The van der Waals surface area contributed by atoms with Gasteiger partial charge in [-0.25, -0.2) is 0 Å². The Bertz CT molecular complexity index is 938. The highest BCUT2D eigenvalue weighted by Gasteiger charge is 2.17. The van der Waals surface area contributed by atoms with E-state index in [0.29, 0.717) is 21.3 Å². The molecule has 5 heteroatoms. The van der Waals surface area contributed by atoms with Crippen LogP contribution in [0.4, 0.5) is 5.69 Å². The lowest BCUT2D eigenvalue weighted by atomic mass is 9.99. The molecule has 2 aromatic carbocycles. The van der Waals surface area contributed by atoms with Crippen LogP contribution in [0.15, 0.2) is 42.5 Å². The Kier molecular flexibility index (Phi) is 4.74. The van der Waals surface area contributed by atoms with Gasteiger partial charge in [0.1, 0.15) is 0 Å². The van der Waals surface area contributed by atoms with Gasteiger partial charge in [-0.1, -0.05) is 48.3 Å². The van der Waals surface area contributed by atoms with Crippen molar-refractivity contribution < 1.29 is 4.79 Å². The normalized spacial score (nSPS) is 10.8. The van der Waals surface area contributed by atoms with Crippen LogP contribution in [0, 0.1) is 6.92 Å². The minimum atomic E-state index is -0.181. The van der Waals surface area contributed by atoms with Gasteiger partial charge in [-0.2, -0.15) is 0 Å². The highest BCUT2D eigenvalue weighted by Crippen LogP contribution is 2.27. The predicted molar refractivity (Wildman–Crippen MR) is 100 cm³/mol. The second kappa shape index (κ2) is 6.80. The zero-order chi connectivity index (χ0) is 17.3. The summed E-state index contributed by atoms with van der Waals surface area (Å²) in [6.45, 7) is 3.97. The smallest absolute Gasteiger partial charge is 0.256 e. The molecule has 0 saturated heterocycles. The van der Waals surface area contributed by atoms with E-state index in [0.717, 1.165) is 28.6 Å². The van der Waals surface area contributed by atoms with Crippen LogP contribution in [0.1, 0.15) is 28.5 Å². The van der Waals surface area contributed by atoms with Gasteiger partial charge in [-0.3, -0.25) is 9.78 Å². The molecule has 3 rings (SSSR count). The first-order valence-corrected chi connectivity index (χ1v) is 8.41. The molecule has 0 radical (unpaired) electrons. The van der Waals surface area contributed by atoms with E-state index in [1.54, 1.807) is 18.2 Å². The van der Waals surface area contributed by atoms with Crippen LogP contribution in [-0.2, 0) is 6.42 Å². The van der Waals surface area contributed by atoms with Gasteiger partial charge >= 0.3 is 0 Å². The van der Waals surface area contributed by atoms with Crippen molar-refractivity contribution in [3.8, 4) is 0 Å². The third-order valence-corrected chi connectivity index (χ3v) is 4.72. The van der Waals surface area contributed by atoms with Crippen molar-refractivity contribution in [1.29, 1.82) is 0 Å². The number of carbonyl (C=O) groups excluding carboxylic acids is 1. The number of aromatic nitrogens is 1. The van der Waals surface area contributed by atoms with Gasteiger partial charge in [-0.05, 0) is 43.2 Å². The Balaban J connectivity index is 2.08. The van der Waals surface area contributed by atoms with Gasteiger partial charge in [0.15, 0.2) is 0 Å². The topological polar surface area (TPSA) is 42.0 Å². The summed E-state index contributed by atoms with van der Waals surface area (Å²) in [5.41, 5.74) is 3.89. The zero-order valence-corrected chi connectivity index (χ0v) is 14.9. The van der Waals surface area contributed by atoms with Gasteiger partial charge in [0.2, 0.25) is 0 Å². The second-order valence-corrected chi connectivity index (χ2v) is 6.33. The summed E-state index contributed by atoms with van der Waals surface area (Å²) in [6, 6.07) is 12.7. The molecule has 0 spiro atoms. The summed E-state index contributed by atoms with van der Waals surface area (Å²) >= 11 is 11.9. The SMILES string of the molecule is CCc1nc2ccccc2c(C(=O)Nc2ccc(Cl)c(Cl)c2)c1C. The molecule has 1 heterocycles. The fourth-order valence-electron chi connectivity index (χ4n) is 2.76. The molecule has 0 atom stereocenters. The maximum atomic E-state index is 12.9. The van der Waals surface area contributed by atoms with Crippen molar-refractivity contribution in [2.75, 3.05) is 5.32 Å². The maximum Gasteiger partial charge on any atom is 0.256 e. The number of halogens is 2. The molecule has 1 amide bonds. The van der Waals surface area contributed by atoms with Gasteiger partial charge in [0, 0.05) is 16.8 Å². The van der Waals surface area contributed by atoms with Crippen LogP contribution < -0.4 is 5.32 Å². The molecular weight excluding hydrogens is 343 g/mol. The molecule has 1 N–H and O–H groups in total. The minimum absolute atomic E-state index is 0.181. The summed E-state index contributed by atoms with van der Waals surface area (Å²) in [5.74, 6) is -0.181. The third-order valence-electron chi connectivity index (χ3n) is 3.98. The maximum absolute atomic E-state index is 12.9. The summed E-state index contributed by atoms with van der Waals surface area (Å²) in [6.07, 6.45) is 0.768. The molecule has 0 unspecified atom stereocenters. The van der Waals surface area contributed by atoms with Crippen LogP contribution in [0.2, 0.25) is 10.0 Å². The largest absolute Gasteiger partial charge is 0.322 e. The highest BCUT2D eigenvalue weighted by molar-refractivity contribution is 6.42. The molecule has 3 aromatic rings. The Morgan fingerprint density at radius 1 is 1.12 bits per heavy atom. The number of nitrogens with zero attached hydrogens (tertiary/aromatic N) is 1. The average molecular weight is 359 g/mol. The van der Waals surface area contributed by atoms with Crippen LogP contribution in [0.5, 0.6) is 0 Å². The van der Waals surface area contributed by atoms with Gasteiger partial charge in [0.05, 0.1) is 21.1 Å². The van der Waals surface area contributed by atoms with Gasteiger partial charge < -0.3 is 5.32 Å². The average Bonchev–Trinajstić information content (AvgIpc) is 2.57. The fraction of sp³-hybridized carbons (Fsp3) is 0.158. The van der Waals surface area contributed by atoms with E-state index in [1.165, 1.54) is 0 Å². The number of rotatable bonds is 3. The lowest BCUT2D eigenvalue weighted by molar-refractivity contribution is 0.102. The Morgan fingerprint density at radius 2 is 1.88 bits per heavy atom. The third kappa shape index (κ3) is 3.10. The Morgan fingerprint density at radius 3 is 2.58 bits per heavy atom. The number of nitrogens with one attached hydrogen (secondary N) is 1. The molecule has 0 bridgehead atoms. The van der Waals surface area contributed by atoms with E-state index in [2.05, 4.69) is 10.3 Å². The van der Waals surface area contributed by atoms with E-state index in [9.17, 15) is 4.79 Å². The number of amides is 1. The highest BCUT2D eigenvalue weighted by atomic mass is 35.5. The first kappa shape index (κ1) is 16.7. The van der Waals surface area contributed by atoms with Crippen LogP contribution in [-0.4, -0.2) is 10.9 Å². The minimum Gasteiger partial charge on any atom is -0.322 e. The number of anilines is 1. The van der Waals surface area contributed by atoms with Crippen molar-refractivity contribution >= 4 is 45.7 Å². The second-order valence-electron chi connectivity index (χ2n) is 5.51. The molecule has 122 valence electrons. The lowest BCUT2D eigenvalue weighted by Gasteiger charge is -2.14. The molecule has 24 heavy (non-hydrogen) atoms. The molecule has 0 aliphatic rings. The predicted octanol–water partition coefficient (Wildman–Crippen LogP) is 5.66. The number of fused-ring (bicyclic) bond motifs is 1. The Hall–Kier alpha value is -2.10. The molecule has 0 fully saturated rings. The van der Waals surface area contributed by atoms with E-state index in [-0.39, 0.29) is 5.91 Å². The summed E-state index contributed by atoms with van der Waals surface area (Å²) < 4.78 is 0. The van der Waals surface area contributed by atoms with Crippen molar-refractivity contribution in [1.82, 2.24) is 4.98 Å². The van der Waals surface area contributed by atoms with E-state index in [4.69, 9.17) is 23.2 Å². The number of benzene rings is 2. The molecule has 0 saturated carbocycles. The van der Waals surface area contributed by atoms with Crippen molar-refractivity contribution in [3.05, 3.63) is 69.3 Å². The lowest BCUT2D eigenvalue weighted by Crippen LogP contribution is -2.15. The first-order chi connectivity index (χ1) is 11.5. The molecule has 0 aliphatic heterocycles. The Labute approximate surface area is 150 Å². The fourth-order valence-corrected chi connectivity index (χ4v) is 3.06. The van der Waals surface area contributed by atoms with Crippen LogP contribution in [0.25, 0.3) is 10.9 Å². The number of hydrogen-bond donors (Lipinski definition) is 1. The van der Waals surface area contributed by atoms with Crippen molar-refractivity contribution in [2.24, 2.45) is 0 Å². The summed E-state index contributed by atoms with van der Waals surface area (Å²) in [5, 5.41) is 4.59. The summed E-state index contributed by atoms with van der Waals surface area (Å²) in [7, 11) is 0. The zero-order valence-electron chi connectivity index (χ0n) is 13.4. The standard InChI is InChI=1S/C19H16Cl2N2O/c1-3-16-11(2)18(13-6-4-5-7-17(13)23-16)19(24)22-12-8-9-14(20)15(21)10-12/h4-10H,3H2,1-2H3,(H,22,24). The number of hydrogen-bond acceptors (Lipinski definition) is 2. The van der Waals surface area contributed by atoms with Crippen molar-refractivity contribution in [2.45, 2.75) is 20.3 Å². The quantitative estimate of drug-likeness (QED) is 0.655. The molecule has 1 aromatic heterocycles. The monoisotopic (exact) mass is 358 g/mol. The molecule has 3 nitrogen and oxygen atoms in total. The van der Waals surface area contributed by atoms with Crippen LogP contribution in [0.3, 0.4) is 0 Å². The van der Waals surface area contributed by atoms with Crippen molar-refractivity contribution in [3.63, 3.8) is 0 Å². The number of pyridine rings is 1. The number of para-hydroxylation sites is 1. The van der Waals surface area contributed by atoms with Crippen LogP contribution >= 0.6 is 23.2 Å². The van der Waals surface area contributed by atoms with E-state index < -0.39 is 0 Å².